The minimum atomic E-state index is -0.0360. The average Bonchev–Trinajstić information content (AvgIpc) is 3.45. The monoisotopic (exact) mass is 413 g/mol. The van der Waals surface area contributed by atoms with Crippen LogP contribution in [0.3, 0.4) is 0 Å². The maximum absolute atomic E-state index is 12.5. The molecule has 7 nitrogen and oxygen atoms in total. The van der Waals surface area contributed by atoms with Crippen LogP contribution in [0, 0.1) is 0 Å². The third kappa shape index (κ3) is 4.50. The number of hydrogen-bond acceptors (Lipinski definition) is 4. The van der Waals surface area contributed by atoms with Crippen LogP contribution in [0.5, 0.6) is 0 Å². The Morgan fingerprint density at radius 3 is 2.48 bits per heavy atom. The Labute approximate surface area is 174 Å². The highest BCUT2D eigenvalue weighted by Crippen LogP contribution is 2.23. The maximum atomic E-state index is 12.5. The van der Waals surface area contributed by atoms with Crippen molar-refractivity contribution >= 4 is 29.5 Å². The van der Waals surface area contributed by atoms with Crippen molar-refractivity contribution in [1.82, 2.24) is 24.8 Å². The molecule has 3 heterocycles. The Morgan fingerprint density at radius 1 is 1.03 bits per heavy atom. The van der Waals surface area contributed by atoms with E-state index in [1.165, 1.54) is 0 Å². The van der Waals surface area contributed by atoms with E-state index < -0.39 is 0 Å². The molecule has 0 unspecified atom stereocenters. The van der Waals surface area contributed by atoms with Gasteiger partial charge in [0.1, 0.15) is 0 Å². The van der Waals surface area contributed by atoms with E-state index in [1.54, 1.807) is 29.1 Å². The topological polar surface area (TPSA) is 71.3 Å². The molecule has 1 aromatic carbocycles. The summed E-state index contributed by atoms with van der Waals surface area (Å²) >= 11 is 6.13. The number of halogens is 1. The highest BCUT2D eigenvalue weighted by molar-refractivity contribution is 6.32. The quantitative estimate of drug-likeness (QED) is 0.722. The van der Waals surface area contributed by atoms with E-state index in [-0.39, 0.29) is 17.9 Å². The number of likely N-dealkylation sites (tertiary alicyclic amines) is 2. The molecule has 2 saturated heterocycles. The molecular formula is C21H24ClN5O2. The van der Waals surface area contributed by atoms with Gasteiger partial charge in [0.2, 0.25) is 5.91 Å². The molecule has 0 aliphatic carbocycles. The smallest absolute Gasteiger partial charge is 0.276 e. The van der Waals surface area contributed by atoms with Crippen LogP contribution in [-0.4, -0.2) is 62.8 Å². The first-order valence-electron chi connectivity index (χ1n) is 10.0. The lowest BCUT2D eigenvalue weighted by Gasteiger charge is -2.31. The van der Waals surface area contributed by atoms with E-state index in [9.17, 15) is 9.59 Å². The second-order valence-corrected chi connectivity index (χ2v) is 7.90. The van der Waals surface area contributed by atoms with Crippen LogP contribution in [0.2, 0.25) is 5.02 Å². The summed E-state index contributed by atoms with van der Waals surface area (Å²) in [6.45, 7) is 2.89. The van der Waals surface area contributed by atoms with Gasteiger partial charge in [-0.2, -0.15) is 0 Å². The second kappa shape index (κ2) is 8.78. The van der Waals surface area contributed by atoms with E-state index in [0.29, 0.717) is 23.8 Å². The van der Waals surface area contributed by atoms with E-state index in [4.69, 9.17) is 11.6 Å². The summed E-state index contributed by atoms with van der Waals surface area (Å²) in [5.41, 5.74) is 1.24. The highest BCUT2D eigenvalue weighted by atomic mass is 35.5. The Hall–Kier alpha value is -2.67. The zero-order valence-corrected chi connectivity index (χ0v) is 17.0. The molecule has 152 valence electrons. The van der Waals surface area contributed by atoms with E-state index in [0.717, 1.165) is 44.3 Å². The summed E-state index contributed by atoms with van der Waals surface area (Å²) in [6.07, 6.45) is 8.75. The van der Waals surface area contributed by atoms with Gasteiger partial charge in [-0.1, -0.05) is 35.0 Å². The van der Waals surface area contributed by atoms with Crippen LogP contribution in [0.15, 0.2) is 36.5 Å². The Morgan fingerprint density at radius 2 is 1.76 bits per heavy atom. The predicted molar refractivity (Wildman–Crippen MR) is 110 cm³/mol. The molecule has 29 heavy (non-hydrogen) atoms. The second-order valence-electron chi connectivity index (χ2n) is 7.49. The number of rotatable bonds is 4. The summed E-state index contributed by atoms with van der Waals surface area (Å²) in [5, 5.41) is 8.88. The third-order valence-corrected chi connectivity index (χ3v) is 5.93. The van der Waals surface area contributed by atoms with Crippen molar-refractivity contribution in [2.75, 3.05) is 26.2 Å². The molecule has 0 N–H and O–H groups in total. The molecule has 0 saturated carbocycles. The van der Waals surface area contributed by atoms with Crippen molar-refractivity contribution in [1.29, 1.82) is 0 Å². The van der Waals surface area contributed by atoms with Gasteiger partial charge in [-0.25, -0.2) is 4.68 Å². The molecule has 1 aromatic heterocycles. The zero-order chi connectivity index (χ0) is 20.2. The fourth-order valence-corrected chi connectivity index (χ4v) is 4.06. The molecule has 2 aliphatic heterocycles. The Kier molecular flexibility index (Phi) is 5.94. The molecule has 0 atom stereocenters. The molecule has 0 spiro atoms. The van der Waals surface area contributed by atoms with Crippen LogP contribution in [0.4, 0.5) is 0 Å². The molecule has 8 heteroatoms. The van der Waals surface area contributed by atoms with Gasteiger partial charge < -0.3 is 9.80 Å². The van der Waals surface area contributed by atoms with E-state index in [1.807, 2.05) is 28.0 Å². The van der Waals surface area contributed by atoms with Crippen molar-refractivity contribution in [2.24, 2.45) is 0 Å². The number of benzene rings is 1. The van der Waals surface area contributed by atoms with Gasteiger partial charge in [-0.3, -0.25) is 9.59 Å². The summed E-state index contributed by atoms with van der Waals surface area (Å²) in [7, 11) is 0. The maximum Gasteiger partial charge on any atom is 0.276 e. The number of piperidine rings is 1. The number of nitrogens with zero attached hydrogens (tertiary/aromatic N) is 5. The largest absolute Gasteiger partial charge is 0.339 e. The van der Waals surface area contributed by atoms with Gasteiger partial charge >= 0.3 is 0 Å². The first-order valence-corrected chi connectivity index (χ1v) is 10.4. The zero-order valence-electron chi connectivity index (χ0n) is 16.2. The number of aromatic nitrogens is 3. The van der Waals surface area contributed by atoms with Crippen LogP contribution in [0.1, 0.15) is 47.8 Å². The first kappa shape index (κ1) is 19.6. The van der Waals surface area contributed by atoms with Gasteiger partial charge in [0.15, 0.2) is 5.69 Å². The Balaban J connectivity index is 1.32. The fourth-order valence-electron chi connectivity index (χ4n) is 3.86. The minimum absolute atomic E-state index is 0.0214. The van der Waals surface area contributed by atoms with Crippen molar-refractivity contribution in [3.05, 3.63) is 52.8 Å². The predicted octanol–water partition coefficient (Wildman–Crippen LogP) is 3.04. The number of carbonyl (C=O) groups excluding carboxylic acids is 2. The third-order valence-electron chi connectivity index (χ3n) is 5.58. The lowest BCUT2D eigenvalue weighted by Crippen LogP contribution is -2.38. The van der Waals surface area contributed by atoms with Gasteiger partial charge in [-0.05, 0) is 43.4 Å². The van der Waals surface area contributed by atoms with E-state index in [2.05, 4.69) is 10.3 Å². The van der Waals surface area contributed by atoms with E-state index >= 15 is 0 Å². The van der Waals surface area contributed by atoms with Crippen LogP contribution in [-0.2, 0) is 4.79 Å². The number of hydrogen-bond donors (Lipinski definition) is 0. The normalized spacial score (nSPS) is 18.0. The fraction of sp³-hybridized carbons (Fsp3) is 0.429. The van der Waals surface area contributed by atoms with Crippen LogP contribution in [0.25, 0.3) is 6.08 Å². The number of amides is 2. The lowest BCUT2D eigenvalue weighted by molar-refractivity contribution is -0.127. The Bertz CT molecular complexity index is 911. The molecule has 2 aliphatic rings. The van der Waals surface area contributed by atoms with Gasteiger partial charge in [0.05, 0.1) is 12.2 Å². The van der Waals surface area contributed by atoms with Gasteiger partial charge in [0.25, 0.3) is 5.91 Å². The summed E-state index contributed by atoms with van der Waals surface area (Å²) < 4.78 is 1.78. The SMILES string of the molecule is O=C(/C=C/c1ccccc1Cl)N1CCC(n2cc(C(=O)N3CCCC3)nn2)CC1. The molecule has 2 amide bonds. The average molecular weight is 414 g/mol. The van der Waals surface area contributed by atoms with Crippen molar-refractivity contribution in [3.63, 3.8) is 0 Å². The first-order chi connectivity index (χ1) is 14.1. The molecule has 2 aromatic rings. The molecule has 0 bridgehead atoms. The highest BCUT2D eigenvalue weighted by Gasteiger charge is 2.26. The van der Waals surface area contributed by atoms with Gasteiger partial charge in [-0.15, -0.1) is 5.10 Å². The summed E-state index contributed by atoms with van der Waals surface area (Å²) in [5.74, 6) is -0.0575. The molecular weight excluding hydrogens is 390 g/mol. The standard InChI is InChI=1S/C21H24ClN5O2/c22-18-6-2-1-5-16(18)7-8-20(28)25-13-9-17(10-14-25)27-15-19(23-24-27)21(29)26-11-3-4-12-26/h1-2,5-8,15,17H,3-4,9-14H2/b8-7+. The summed E-state index contributed by atoms with van der Waals surface area (Å²) in [6, 6.07) is 7.59. The number of carbonyl (C=O) groups is 2. The summed E-state index contributed by atoms with van der Waals surface area (Å²) in [4.78, 5) is 28.6. The van der Waals surface area contributed by atoms with Crippen molar-refractivity contribution < 1.29 is 9.59 Å². The minimum Gasteiger partial charge on any atom is -0.339 e. The lowest BCUT2D eigenvalue weighted by atomic mass is 10.1. The van der Waals surface area contributed by atoms with Crippen molar-refractivity contribution in [3.8, 4) is 0 Å². The molecule has 0 radical (unpaired) electrons. The molecule has 2 fully saturated rings. The molecule has 4 rings (SSSR count). The van der Waals surface area contributed by atoms with Crippen LogP contribution >= 0.6 is 11.6 Å². The van der Waals surface area contributed by atoms with Crippen LogP contribution < -0.4 is 0 Å². The van der Waals surface area contributed by atoms with Crippen molar-refractivity contribution in [2.45, 2.75) is 31.7 Å². The van der Waals surface area contributed by atoms with Gasteiger partial charge in [0, 0.05) is 37.3 Å².